The first-order valence-corrected chi connectivity index (χ1v) is 2.95. The molecule has 0 aliphatic rings. The van der Waals surface area contributed by atoms with Crippen molar-refractivity contribution in [2.45, 2.75) is 0 Å². The largest absolute Gasteiger partial charge is 0.237 e. The summed E-state index contributed by atoms with van der Waals surface area (Å²) in [5.74, 6) is -0.0787. The van der Waals surface area contributed by atoms with Crippen LogP contribution in [-0.2, 0) is 0 Å². The summed E-state index contributed by atoms with van der Waals surface area (Å²) in [4.78, 5) is 10.3. The van der Waals surface area contributed by atoms with E-state index in [0.717, 1.165) is 0 Å². The minimum Gasteiger partial charge on any atom is -0.189 e. The van der Waals surface area contributed by atoms with Gasteiger partial charge in [0.05, 0.1) is 0 Å². The molecular formula is C4Cl2N4. The molecule has 0 aliphatic carbocycles. The third kappa shape index (κ3) is 1.53. The molecule has 1 aromatic heterocycles. The fourth-order valence-corrected chi connectivity index (χ4v) is 0.739. The Morgan fingerprint density at radius 1 is 1.10 bits per heavy atom. The zero-order chi connectivity index (χ0) is 7.56. The van der Waals surface area contributed by atoms with Crippen LogP contribution in [0, 0.1) is 11.3 Å². The quantitative estimate of drug-likeness (QED) is 0.591. The third-order valence-electron chi connectivity index (χ3n) is 0.681. The lowest BCUT2D eigenvalue weighted by molar-refractivity contribution is 1.02. The second-order valence-corrected chi connectivity index (χ2v) is 1.99. The van der Waals surface area contributed by atoms with Crippen LogP contribution < -0.4 is 0 Å². The average Bonchev–Trinajstić information content (AvgIpc) is 1.85. The standard InChI is InChI=1S/C4Cl2N4/c5-3-8-2(1-7)9-4(6)10-3. The Labute approximate surface area is 66.5 Å². The van der Waals surface area contributed by atoms with E-state index in [2.05, 4.69) is 15.0 Å². The topological polar surface area (TPSA) is 62.5 Å². The molecule has 10 heavy (non-hydrogen) atoms. The average molecular weight is 175 g/mol. The number of nitrogens with zero attached hydrogens (tertiary/aromatic N) is 4. The summed E-state index contributed by atoms with van der Waals surface area (Å²) < 4.78 is 0. The summed E-state index contributed by atoms with van der Waals surface area (Å²) in [5.41, 5.74) is 0. The molecule has 0 fully saturated rings. The molecule has 0 aromatic carbocycles. The van der Waals surface area contributed by atoms with Crippen LogP contribution >= 0.6 is 23.2 Å². The molecule has 0 aliphatic heterocycles. The Morgan fingerprint density at radius 2 is 1.60 bits per heavy atom. The normalized spacial score (nSPS) is 8.90. The summed E-state index contributed by atoms with van der Waals surface area (Å²) in [6.45, 7) is 0. The van der Waals surface area contributed by atoms with Crippen LogP contribution in [0.1, 0.15) is 5.82 Å². The highest BCUT2D eigenvalue weighted by Gasteiger charge is 1.99. The molecule has 0 unspecified atom stereocenters. The minimum absolute atomic E-state index is 0.0726. The number of nitriles is 1. The smallest absolute Gasteiger partial charge is 0.189 e. The predicted molar refractivity (Wildman–Crippen MR) is 34.6 cm³/mol. The SMILES string of the molecule is N#Cc1nc(Cl)nc(Cl)n1. The Hall–Kier alpha value is -0.920. The molecular weight excluding hydrogens is 175 g/mol. The molecule has 0 atom stereocenters. The van der Waals surface area contributed by atoms with Crippen LogP contribution in [0.4, 0.5) is 0 Å². The third-order valence-corrected chi connectivity index (χ3v) is 1.02. The van der Waals surface area contributed by atoms with E-state index in [4.69, 9.17) is 28.5 Å². The summed E-state index contributed by atoms with van der Waals surface area (Å²) in [6.07, 6.45) is 0. The Kier molecular flexibility index (Phi) is 2.00. The Balaban J connectivity index is 3.22. The molecule has 0 saturated heterocycles. The fourth-order valence-electron chi connectivity index (χ4n) is 0.376. The lowest BCUT2D eigenvalue weighted by Crippen LogP contribution is -1.92. The molecule has 50 valence electrons. The van der Waals surface area contributed by atoms with Crippen LogP contribution in [0.5, 0.6) is 0 Å². The highest BCUT2D eigenvalue weighted by molar-refractivity contribution is 6.31. The molecule has 1 rings (SSSR count). The van der Waals surface area contributed by atoms with Crippen molar-refractivity contribution in [1.82, 2.24) is 15.0 Å². The first-order chi connectivity index (χ1) is 4.72. The summed E-state index contributed by atoms with van der Waals surface area (Å²) in [7, 11) is 0. The maximum absolute atomic E-state index is 8.27. The number of hydrogen-bond acceptors (Lipinski definition) is 4. The van der Waals surface area contributed by atoms with Gasteiger partial charge >= 0.3 is 0 Å². The number of aromatic nitrogens is 3. The maximum atomic E-state index is 8.27. The molecule has 0 amide bonds. The Morgan fingerprint density at radius 3 is 2.00 bits per heavy atom. The van der Waals surface area contributed by atoms with Crippen molar-refractivity contribution >= 4 is 23.2 Å². The molecule has 1 heterocycles. The van der Waals surface area contributed by atoms with Crippen molar-refractivity contribution in [2.75, 3.05) is 0 Å². The second kappa shape index (κ2) is 2.78. The molecule has 0 N–H and O–H groups in total. The van der Waals surface area contributed by atoms with Gasteiger partial charge in [-0.15, -0.1) is 0 Å². The van der Waals surface area contributed by atoms with Gasteiger partial charge in [-0.25, -0.2) is 0 Å². The molecule has 1 aromatic rings. The number of halogens is 2. The van der Waals surface area contributed by atoms with E-state index in [9.17, 15) is 0 Å². The van der Waals surface area contributed by atoms with Crippen molar-refractivity contribution < 1.29 is 0 Å². The number of rotatable bonds is 0. The van der Waals surface area contributed by atoms with Gasteiger partial charge in [-0.05, 0) is 23.2 Å². The zero-order valence-corrected chi connectivity index (χ0v) is 6.06. The van der Waals surface area contributed by atoms with E-state index in [1.807, 2.05) is 0 Å². The summed E-state index contributed by atoms with van der Waals surface area (Å²) >= 11 is 10.7. The van der Waals surface area contributed by atoms with Gasteiger partial charge in [-0.2, -0.15) is 20.2 Å². The van der Waals surface area contributed by atoms with E-state index in [-0.39, 0.29) is 16.4 Å². The van der Waals surface area contributed by atoms with Crippen LogP contribution in [0.25, 0.3) is 0 Å². The number of hydrogen-bond donors (Lipinski definition) is 0. The van der Waals surface area contributed by atoms with E-state index < -0.39 is 0 Å². The van der Waals surface area contributed by atoms with Gasteiger partial charge in [0, 0.05) is 0 Å². The Bertz CT molecular complexity index is 272. The molecule has 0 radical (unpaired) electrons. The van der Waals surface area contributed by atoms with Crippen LogP contribution in [-0.4, -0.2) is 15.0 Å². The van der Waals surface area contributed by atoms with Crippen molar-refractivity contribution in [3.8, 4) is 6.07 Å². The monoisotopic (exact) mass is 174 g/mol. The van der Waals surface area contributed by atoms with Gasteiger partial charge in [-0.3, -0.25) is 0 Å². The lowest BCUT2D eigenvalue weighted by atomic mass is 10.7. The van der Waals surface area contributed by atoms with Crippen LogP contribution in [0.2, 0.25) is 10.6 Å². The van der Waals surface area contributed by atoms with Gasteiger partial charge in [-0.1, -0.05) is 0 Å². The highest BCUT2D eigenvalue weighted by atomic mass is 35.5. The fraction of sp³-hybridized carbons (Fsp3) is 0. The van der Waals surface area contributed by atoms with Crippen molar-refractivity contribution in [3.05, 3.63) is 16.4 Å². The zero-order valence-electron chi connectivity index (χ0n) is 4.54. The first-order valence-electron chi connectivity index (χ1n) is 2.19. The maximum Gasteiger partial charge on any atom is 0.237 e. The highest BCUT2D eigenvalue weighted by Crippen LogP contribution is 2.04. The lowest BCUT2D eigenvalue weighted by Gasteiger charge is -1.88. The molecule has 0 spiro atoms. The van der Waals surface area contributed by atoms with E-state index in [0.29, 0.717) is 0 Å². The first kappa shape index (κ1) is 7.19. The van der Waals surface area contributed by atoms with Crippen molar-refractivity contribution in [3.63, 3.8) is 0 Å². The molecule has 0 bridgehead atoms. The van der Waals surface area contributed by atoms with Gasteiger partial charge in [0.1, 0.15) is 6.07 Å². The van der Waals surface area contributed by atoms with Gasteiger partial charge in [0.25, 0.3) is 0 Å². The van der Waals surface area contributed by atoms with Crippen LogP contribution in [0.15, 0.2) is 0 Å². The summed E-state index contributed by atoms with van der Waals surface area (Å²) in [6, 6.07) is 1.68. The van der Waals surface area contributed by atoms with Gasteiger partial charge < -0.3 is 0 Å². The molecule has 6 heteroatoms. The van der Waals surface area contributed by atoms with Crippen LogP contribution in [0.3, 0.4) is 0 Å². The van der Waals surface area contributed by atoms with Crippen molar-refractivity contribution in [2.24, 2.45) is 0 Å². The molecule has 0 saturated carbocycles. The van der Waals surface area contributed by atoms with Gasteiger partial charge in [0.15, 0.2) is 0 Å². The molecule has 4 nitrogen and oxygen atoms in total. The predicted octanol–water partition coefficient (Wildman–Crippen LogP) is 1.05. The second-order valence-electron chi connectivity index (χ2n) is 1.31. The van der Waals surface area contributed by atoms with E-state index in [1.54, 1.807) is 6.07 Å². The van der Waals surface area contributed by atoms with Crippen molar-refractivity contribution in [1.29, 1.82) is 5.26 Å². The minimum atomic E-state index is -0.0787. The van der Waals surface area contributed by atoms with E-state index >= 15 is 0 Å². The van der Waals surface area contributed by atoms with Gasteiger partial charge in [0.2, 0.25) is 16.4 Å². The summed E-state index contributed by atoms with van der Waals surface area (Å²) in [5, 5.41) is 8.12. The van der Waals surface area contributed by atoms with E-state index in [1.165, 1.54) is 0 Å².